The second-order valence-electron chi connectivity index (χ2n) is 5.36. The van der Waals surface area contributed by atoms with Gasteiger partial charge in [0, 0.05) is 30.2 Å². The number of nitrogens with zero attached hydrogens (tertiary/aromatic N) is 1. The first-order valence-corrected chi connectivity index (χ1v) is 9.57. The highest BCUT2D eigenvalue weighted by molar-refractivity contribution is 9.10. The highest BCUT2D eigenvalue weighted by atomic mass is 79.9. The maximum Gasteiger partial charge on any atom is 0.211 e. The van der Waals surface area contributed by atoms with Gasteiger partial charge in [0.2, 0.25) is 10.0 Å². The zero-order valence-corrected chi connectivity index (χ0v) is 14.7. The van der Waals surface area contributed by atoms with Gasteiger partial charge < -0.3 is 10.1 Å². The Labute approximate surface area is 134 Å². The standard InChI is InChI=1S/C14H21BrN2O3S/c1-20-12-5-6-13(15)14(8-12)16-9-11-4-3-7-17(10-11)21(2,18)19/h5-6,8,11,16H,3-4,7,9-10H2,1-2H3. The van der Waals surface area contributed by atoms with Crippen molar-refractivity contribution in [3.8, 4) is 5.75 Å². The summed E-state index contributed by atoms with van der Waals surface area (Å²) in [7, 11) is -1.45. The lowest BCUT2D eigenvalue weighted by molar-refractivity contribution is 0.277. The fourth-order valence-corrected chi connectivity index (χ4v) is 3.84. The average molecular weight is 377 g/mol. The minimum Gasteiger partial charge on any atom is -0.497 e. The number of anilines is 1. The van der Waals surface area contributed by atoms with Crippen LogP contribution in [0.4, 0.5) is 5.69 Å². The van der Waals surface area contributed by atoms with Gasteiger partial charge in [0.25, 0.3) is 0 Å². The molecule has 0 amide bonds. The van der Waals surface area contributed by atoms with Gasteiger partial charge in [0.05, 0.1) is 19.1 Å². The molecule has 0 bridgehead atoms. The van der Waals surface area contributed by atoms with Crippen LogP contribution in [-0.2, 0) is 10.0 Å². The SMILES string of the molecule is COc1ccc(Br)c(NCC2CCCN(S(C)(=O)=O)C2)c1. The second kappa shape index (κ2) is 6.98. The molecule has 1 N–H and O–H groups in total. The number of hydrogen-bond acceptors (Lipinski definition) is 4. The Morgan fingerprint density at radius 1 is 1.48 bits per heavy atom. The lowest BCUT2D eigenvalue weighted by Crippen LogP contribution is -2.41. The molecule has 1 aliphatic rings. The Morgan fingerprint density at radius 3 is 2.90 bits per heavy atom. The summed E-state index contributed by atoms with van der Waals surface area (Å²) in [6.07, 6.45) is 3.24. The van der Waals surface area contributed by atoms with Crippen LogP contribution in [0.1, 0.15) is 12.8 Å². The molecule has 1 unspecified atom stereocenters. The molecule has 0 saturated carbocycles. The van der Waals surface area contributed by atoms with Crippen LogP contribution in [0.2, 0.25) is 0 Å². The number of piperidine rings is 1. The highest BCUT2D eigenvalue weighted by Gasteiger charge is 2.25. The van der Waals surface area contributed by atoms with Gasteiger partial charge in [-0.1, -0.05) is 0 Å². The van der Waals surface area contributed by atoms with E-state index in [1.165, 1.54) is 6.26 Å². The van der Waals surface area contributed by atoms with Crippen molar-refractivity contribution in [3.05, 3.63) is 22.7 Å². The van der Waals surface area contributed by atoms with E-state index >= 15 is 0 Å². The number of rotatable bonds is 5. The lowest BCUT2D eigenvalue weighted by atomic mass is 9.99. The van der Waals surface area contributed by atoms with Crippen molar-refractivity contribution in [3.63, 3.8) is 0 Å². The van der Waals surface area contributed by atoms with Gasteiger partial charge in [0.15, 0.2) is 0 Å². The van der Waals surface area contributed by atoms with Crippen molar-refractivity contribution in [2.24, 2.45) is 5.92 Å². The van der Waals surface area contributed by atoms with Crippen molar-refractivity contribution < 1.29 is 13.2 Å². The molecule has 0 aromatic heterocycles. The summed E-state index contributed by atoms with van der Waals surface area (Å²) >= 11 is 3.50. The van der Waals surface area contributed by atoms with E-state index < -0.39 is 10.0 Å². The Kier molecular flexibility index (Phi) is 5.51. The minimum atomic E-state index is -3.08. The number of sulfonamides is 1. The topological polar surface area (TPSA) is 58.6 Å². The summed E-state index contributed by atoms with van der Waals surface area (Å²) in [6, 6.07) is 5.76. The third kappa shape index (κ3) is 4.59. The summed E-state index contributed by atoms with van der Waals surface area (Å²) < 4.78 is 31.0. The van der Waals surface area contributed by atoms with Crippen molar-refractivity contribution >= 4 is 31.6 Å². The van der Waals surface area contributed by atoms with Crippen LogP contribution in [0.5, 0.6) is 5.75 Å². The molecule has 0 spiro atoms. The van der Waals surface area contributed by atoms with Crippen molar-refractivity contribution in [2.45, 2.75) is 12.8 Å². The van der Waals surface area contributed by atoms with E-state index in [2.05, 4.69) is 21.2 Å². The molecule has 1 heterocycles. The molecule has 7 heteroatoms. The number of hydrogen-bond donors (Lipinski definition) is 1. The number of methoxy groups -OCH3 is 1. The van der Waals surface area contributed by atoms with Crippen LogP contribution in [0, 0.1) is 5.92 Å². The number of benzene rings is 1. The van der Waals surface area contributed by atoms with Gasteiger partial charge >= 0.3 is 0 Å². The molecule has 1 aliphatic heterocycles. The highest BCUT2D eigenvalue weighted by Crippen LogP contribution is 2.28. The third-order valence-corrected chi connectivity index (χ3v) is 5.67. The Bertz CT molecular complexity index is 592. The molecule has 1 fully saturated rings. The molecule has 21 heavy (non-hydrogen) atoms. The summed E-state index contributed by atoms with van der Waals surface area (Å²) in [5.74, 6) is 1.12. The first-order valence-electron chi connectivity index (χ1n) is 6.92. The molecule has 118 valence electrons. The van der Waals surface area contributed by atoms with Gasteiger partial charge in [-0.25, -0.2) is 12.7 Å². The Balaban J connectivity index is 1.97. The molecule has 5 nitrogen and oxygen atoms in total. The fourth-order valence-electron chi connectivity index (χ4n) is 2.52. The van der Waals surface area contributed by atoms with E-state index in [9.17, 15) is 8.42 Å². The zero-order chi connectivity index (χ0) is 15.5. The van der Waals surface area contributed by atoms with E-state index in [1.807, 2.05) is 18.2 Å². The molecule has 1 aromatic carbocycles. The quantitative estimate of drug-likeness (QED) is 0.857. The molecule has 1 aromatic rings. The summed E-state index contributed by atoms with van der Waals surface area (Å²) in [4.78, 5) is 0. The maximum absolute atomic E-state index is 11.6. The van der Waals surface area contributed by atoms with Gasteiger partial charge in [-0.3, -0.25) is 0 Å². The van der Waals surface area contributed by atoms with E-state index in [0.717, 1.165) is 35.3 Å². The molecular formula is C14H21BrN2O3S. The van der Waals surface area contributed by atoms with Gasteiger partial charge in [-0.15, -0.1) is 0 Å². The van der Waals surface area contributed by atoms with Crippen LogP contribution < -0.4 is 10.1 Å². The predicted molar refractivity (Wildman–Crippen MR) is 88.3 cm³/mol. The van der Waals surface area contributed by atoms with Crippen LogP contribution in [0.3, 0.4) is 0 Å². The van der Waals surface area contributed by atoms with Gasteiger partial charge in [0.1, 0.15) is 5.75 Å². The lowest BCUT2D eigenvalue weighted by Gasteiger charge is -2.31. The zero-order valence-electron chi connectivity index (χ0n) is 12.3. The molecule has 0 radical (unpaired) electrons. The molecule has 2 rings (SSSR count). The number of halogens is 1. The fraction of sp³-hybridized carbons (Fsp3) is 0.571. The summed E-state index contributed by atoms with van der Waals surface area (Å²) in [6.45, 7) is 1.98. The monoisotopic (exact) mass is 376 g/mol. The van der Waals surface area contributed by atoms with Crippen LogP contribution in [0.25, 0.3) is 0 Å². The number of nitrogens with one attached hydrogen (secondary N) is 1. The average Bonchev–Trinajstić information content (AvgIpc) is 2.46. The van der Waals surface area contributed by atoms with Crippen LogP contribution in [-0.4, -0.2) is 45.7 Å². The van der Waals surface area contributed by atoms with Gasteiger partial charge in [-0.2, -0.15) is 0 Å². The summed E-state index contributed by atoms with van der Waals surface area (Å²) in [5, 5.41) is 3.38. The van der Waals surface area contributed by atoms with E-state index in [0.29, 0.717) is 19.0 Å². The van der Waals surface area contributed by atoms with Crippen molar-refractivity contribution in [1.82, 2.24) is 4.31 Å². The normalized spacial score (nSPS) is 20.2. The Hall–Kier alpha value is -0.790. The minimum absolute atomic E-state index is 0.326. The van der Waals surface area contributed by atoms with E-state index in [1.54, 1.807) is 11.4 Å². The molecule has 1 atom stereocenters. The predicted octanol–water partition coefficient (Wildman–Crippen LogP) is 2.54. The largest absolute Gasteiger partial charge is 0.497 e. The molecule has 0 aliphatic carbocycles. The van der Waals surface area contributed by atoms with Crippen LogP contribution in [0.15, 0.2) is 22.7 Å². The molecule has 1 saturated heterocycles. The molecular weight excluding hydrogens is 356 g/mol. The number of ether oxygens (including phenoxy) is 1. The summed E-state index contributed by atoms with van der Waals surface area (Å²) in [5.41, 5.74) is 0.964. The van der Waals surface area contributed by atoms with Crippen LogP contribution >= 0.6 is 15.9 Å². The maximum atomic E-state index is 11.6. The Morgan fingerprint density at radius 2 is 2.24 bits per heavy atom. The first kappa shape index (κ1) is 16.6. The second-order valence-corrected chi connectivity index (χ2v) is 8.19. The smallest absolute Gasteiger partial charge is 0.211 e. The van der Waals surface area contributed by atoms with Crippen molar-refractivity contribution in [2.75, 3.05) is 38.3 Å². The third-order valence-electron chi connectivity index (χ3n) is 3.71. The van der Waals surface area contributed by atoms with Gasteiger partial charge in [-0.05, 0) is 46.8 Å². The van der Waals surface area contributed by atoms with E-state index in [4.69, 9.17) is 4.74 Å². The van der Waals surface area contributed by atoms with Crippen molar-refractivity contribution in [1.29, 1.82) is 0 Å². The first-order chi connectivity index (χ1) is 9.90. The van der Waals surface area contributed by atoms with E-state index in [-0.39, 0.29) is 0 Å².